The minimum Gasteiger partial charge on any atom is -0.397 e. The molecule has 1 amide bonds. The van der Waals surface area contributed by atoms with Gasteiger partial charge in [0.05, 0.1) is 28.7 Å². The number of aliphatic hydroxyl groups is 1. The van der Waals surface area contributed by atoms with Gasteiger partial charge in [0.25, 0.3) is 5.91 Å². The third kappa shape index (κ3) is 5.60. The summed E-state index contributed by atoms with van der Waals surface area (Å²) in [5, 5.41) is 12.8. The van der Waals surface area contributed by atoms with Gasteiger partial charge >= 0.3 is 0 Å². The molecular weight excluding hydrogens is 483 g/mol. The average molecular weight is 514 g/mol. The summed E-state index contributed by atoms with van der Waals surface area (Å²) in [4.78, 5) is 21.2. The number of rotatable bonds is 5. The summed E-state index contributed by atoms with van der Waals surface area (Å²) in [5.41, 5.74) is 9.63. The maximum atomic E-state index is 14.9. The fourth-order valence-corrected chi connectivity index (χ4v) is 4.97. The molecule has 0 spiro atoms. The number of nitrogens with one attached hydrogen (secondary N) is 1. The van der Waals surface area contributed by atoms with Crippen molar-refractivity contribution in [3.05, 3.63) is 70.9 Å². The zero-order valence-electron chi connectivity index (χ0n) is 20.9. The van der Waals surface area contributed by atoms with Crippen LogP contribution in [-0.2, 0) is 5.60 Å². The smallest absolute Gasteiger partial charge is 0.276 e. The molecule has 4 rings (SSSR count). The first-order valence-electron chi connectivity index (χ1n) is 12.0. The number of pyridine rings is 2. The Morgan fingerprint density at radius 2 is 1.78 bits per heavy atom. The summed E-state index contributed by atoms with van der Waals surface area (Å²) < 4.78 is 44.6. The zero-order chi connectivity index (χ0) is 27.1. The quantitative estimate of drug-likeness (QED) is 0.386. The van der Waals surface area contributed by atoms with Crippen molar-refractivity contribution in [1.82, 2.24) is 9.97 Å². The van der Waals surface area contributed by atoms with E-state index in [1.807, 2.05) is 6.07 Å². The summed E-state index contributed by atoms with van der Waals surface area (Å²) in [6, 6.07) is 4.44. The lowest BCUT2D eigenvalue weighted by atomic mass is 9.76. The van der Waals surface area contributed by atoms with Gasteiger partial charge in [-0.15, -0.1) is 0 Å². The number of halogens is 3. The zero-order valence-corrected chi connectivity index (χ0v) is 20.9. The molecule has 196 valence electrons. The molecule has 37 heavy (non-hydrogen) atoms. The molecule has 1 aromatic carbocycles. The number of amides is 1. The summed E-state index contributed by atoms with van der Waals surface area (Å²) in [6.07, 6.45) is 5.68. The van der Waals surface area contributed by atoms with Crippen molar-refractivity contribution < 1.29 is 23.1 Å². The Bertz CT molecular complexity index is 1310. The molecular formula is C27H30F3N5O2. The van der Waals surface area contributed by atoms with Crippen LogP contribution >= 0.6 is 0 Å². The van der Waals surface area contributed by atoms with E-state index in [-0.39, 0.29) is 23.2 Å². The molecule has 1 aliphatic rings. The first-order valence-corrected chi connectivity index (χ1v) is 12.0. The van der Waals surface area contributed by atoms with Gasteiger partial charge in [-0.1, -0.05) is 6.92 Å². The molecule has 0 saturated heterocycles. The minimum absolute atomic E-state index is 0.0371. The second-order valence-corrected chi connectivity index (χ2v) is 10.3. The molecule has 0 radical (unpaired) electrons. The standard InChI is InChI=1S/C27H30F3N5O2/c1-13-6-14(8-16(31)7-13)17-4-5-33-12-22(17)34-26(36)25-21(32)11-20(30)24(35-25)23-18(28)9-15(10-19(23)29)27(2,3)37/h4-5,9-14,16,37H,6-8,31-32H2,1-3H3,(H,34,36)/t13-,14+,16+/m0/s1. The molecule has 3 atom stereocenters. The fraction of sp³-hybridized carbons (Fsp3) is 0.370. The highest BCUT2D eigenvalue weighted by atomic mass is 19.1. The van der Waals surface area contributed by atoms with Crippen LogP contribution in [0, 0.1) is 23.4 Å². The second-order valence-electron chi connectivity index (χ2n) is 10.3. The fourth-order valence-electron chi connectivity index (χ4n) is 4.97. The van der Waals surface area contributed by atoms with Gasteiger partial charge < -0.3 is 21.9 Å². The van der Waals surface area contributed by atoms with E-state index in [9.17, 15) is 23.1 Å². The topological polar surface area (TPSA) is 127 Å². The van der Waals surface area contributed by atoms with E-state index >= 15 is 0 Å². The van der Waals surface area contributed by atoms with E-state index in [1.54, 1.807) is 6.20 Å². The van der Waals surface area contributed by atoms with Gasteiger partial charge in [0.15, 0.2) is 11.5 Å². The molecule has 0 aliphatic heterocycles. The molecule has 6 N–H and O–H groups in total. The number of nitrogens with zero attached hydrogens (tertiary/aromatic N) is 2. The van der Waals surface area contributed by atoms with Crippen LogP contribution in [0.15, 0.2) is 36.7 Å². The van der Waals surface area contributed by atoms with Gasteiger partial charge in [0, 0.05) is 18.3 Å². The Kier molecular flexibility index (Phi) is 7.25. The molecule has 10 heteroatoms. The maximum absolute atomic E-state index is 14.9. The van der Waals surface area contributed by atoms with Crippen molar-refractivity contribution in [1.29, 1.82) is 0 Å². The van der Waals surface area contributed by atoms with Crippen LogP contribution in [0.1, 0.15) is 67.6 Å². The van der Waals surface area contributed by atoms with Gasteiger partial charge in [0.2, 0.25) is 0 Å². The Labute approximate surface area is 213 Å². The minimum atomic E-state index is -1.53. The van der Waals surface area contributed by atoms with E-state index in [1.165, 1.54) is 20.0 Å². The van der Waals surface area contributed by atoms with E-state index in [0.29, 0.717) is 11.6 Å². The monoisotopic (exact) mass is 513 g/mol. The number of hydrogen-bond acceptors (Lipinski definition) is 6. The molecule has 2 heterocycles. The number of carbonyl (C=O) groups is 1. The highest BCUT2D eigenvalue weighted by molar-refractivity contribution is 6.07. The van der Waals surface area contributed by atoms with Crippen molar-refractivity contribution in [2.24, 2.45) is 11.7 Å². The third-order valence-corrected chi connectivity index (χ3v) is 6.73. The number of nitrogen functional groups attached to an aromatic ring is 1. The van der Waals surface area contributed by atoms with Crippen molar-refractivity contribution >= 4 is 17.3 Å². The van der Waals surface area contributed by atoms with E-state index < -0.39 is 45.9 Å². The van der Waals surface area contributed by atoms with Crippen molar-refractivity contribution in [2.45, 2.75) is 57.6 Å². The normalized spacial score (nSPS) is 20.1. The lowest BCUT2D eigenvalue weighted by Crippen LogP contribution is -2.31. The van der Waals surface area contributed by atoms with E-state index in [0.717, 1.165) is 43.0 Å². The molecule has 2 aromatic heterocycles. The SMILES string of the molecule is C[C@@H]1C[C@@H](N)C[C@H](c2ccncc2NC(=O)c2nc(-c3c(F)cc(C(C)(C)O)cc3F)c(F)cc2N)C1. The molecule has 1 saturated carbocycles. The first kappa shape index (κ1) is 26.6. The number of aromatic nitrogens is 2. The number of benzene rings is 1. The van der Waals surface area contributed by atoms with E-state index in [2.05, 4.69) is 22.2 Å². The summed E-state index contributed by atoms with van der Waals surface area (Å²) in [7, 11) is 0. The van der Waals surface area contributed by atoms with Crippen LogP contribution in [0.25, 0.3) is 11.3 Å². The Morgan fingerprint density at radius 1 is 1.11 bits per heavy atom. The van der Waals surface area contributed by atoms with Crippen LogP contribution in [-0.4, -0.2) is 27.0 Å². The molecule has 3 aromatic rings. The third-order valence-electron chi connectivity index (χ3n) is 6.73. The predicted octanol–water partition coefficient (Wildman–Crippen LogP) is 4.85. The maximum Gasteiger partial charge on any atom is 0.276 e. The van der Waals surface area contributed by atoms with Crippen LogP contribution < -0.4 is 16.8 Å². The second kappa shape index (κ2) is 10.1. The largest absolute Gasteiger partial charge is 0.397 e. The van der Waals surface area contributed by atoms with Gasteiger partial charge in [-0.2, -0.15) is 0 Å². The Morgan fingerprint density at radius 3 is 2.41 bits per heavy atom. The van der Waals surface area contributed by atoms with Gasteiger partial charge in [0.1, 0.15) is 17.3 Å². The summed E-state index contributed by atoms with van der Waals surface area (Å²) in [5.74, 6) is -3.65. The predicted molar refractivity (Wildman–Crippen MR) is 135 cm³/mol. The van der Waals surface area contributed by atoms with Crippen LogP contribution in [0.2, 0.25) is 0 Å². The van der Waals surface area contributed by atoms with Gasteiger partial charge in [-0.3, -0.25) is 9.78 Å². The van der Waals surface area contributed by atoms with E-state index in [4.69, 9.17) is 11.5 Å². The van der Waals surface area contributed by atoms with Crippen LogP contribution in [0.5, 0.6) is 0 Å². The lowest BCUT2D eigenvalue weighted by Gasteiger charge is -2.32. The molecule has 0 bridgehead atoms. The molecule has 1 aliphatic carbocycles. The summed E-state index contributed by atoms with van der Waals surface area (Å²) in [6.45, 7) is 4.85. The number of hydrogen-bond donors (Lipinski definition) is 4. The van der Waals surface area contributed by atoms with Gasteiger partial charge in [-0.05, 0) is 74.3 Å². The number of anilines is 2. The lowest BCUT2D eigenvalue weighted by molar-refractivity contribution is 0.0778. The summed E-state index contributed by atoms with van der Waals surface area (Å²) >= 11 is 0. The Balaban J connectivity index is 1.70. The first-order chi connectivity index (χ1) is 17.3. The van der Waals surface area contributed by atoms with Gasteiger partial charge in [-0.25, -0.2) is 18.2 Å². The van der Waals surface area contributed by atoms with Crippen LogP contribution in [0.4, 0.5) is 24.5 Å². The molecule has 1 fully saturated rings. The number of carbonyl (C=O) groups excluding carboxylic acids is 1. The average Bonchev–Trinajstić information content (AvgIpc) is 2.79. The van der Waals surface area contributed by atoms with Crippen molar-refractivity contribution in [3.8, 4) is 11.3 Å². The molecule has 0 unspecified atom stereocenters. The number of nitrogens with two attached hydrogens (primary N) is 2. The highest BCUT2D eigenvalue weighted by Crippen LogP contribution is 2.39. The highest BCUT2D eigenvalue weighted by Gasteiger charge is 2.29. The Hall–Kier alpha value is -3.50. The van der Waals surface area contributed by atoms with Crippen molar-refractivity contribution in [2.75, 3.05) is 11.1 Å². The van der Waals surface area contributed by atoms with Crippen LogP contribution in [0.3, 0.4) is 0 Å². The van der Waals surface area contributed by atoms with Crippen molar-refractivity contribution in [3.63, 3.8) is 0 Å². The molecule has 7 nitrogen and oxygen atoms in total.